The highest BCUT2D eigenvalue weighted by molar-refractivity contribution is 5.95. The second kappa shape index (κ2) is 15.8. The number of benzene rings is 3. The molecule has 58 heavy (non-hydrogen) atoms. The summed E-state index contributed by atoms with van der Waals surface area (Å²) in [7, 11) is 1.39. The molecule has 0 radical (unpaired) electrons. The summed E-state index contributed by atoms with van der Waals surface area (Å²) in [5.41, 5.74) is -4.49. The lowest BCUT2D eigenvalue weighted by Crippen LogP contribution is -2.80. The molecule has 11 atom stereocenters. The molecule has 0 spiro atoms. The molecule has 306 valence electrons. The lowest BCUT2D eigenvalue weighted by atomic mass is 9.48. The van der Waals surface area contributed by atoms with E-state index in [1.807, 2.05) is 0 Å². The Balaban J connectivity index is 1.30. The molecule has 1 saturated heterocycles. The third kappa shape index (κ3) is 7.02. The molecule has 3 fully saturated rings. The lowest BCUT2D eigenvalue weighted by Gasteiger charge is -2.65. The van der Waals surface area contributed by atoms with Crippen molar-refractivity contribution in [2.45, 2.75) is 93.9 Å². The first-order valence-electron chi connectivity index (χ1n) is 19.2. The average Bonchev–Trinajstić information content (AvgIpc) is 3.22. The van der Waals surface area contributed by atoms with Gasteiger partial charge in [0.25, 0.3) is 5.91 Å². The Morgan fingerprint density at radius 3 is 2.09 bits per heavy atom. The SMILES string of the molecule is COC1CC2OCC2(OC(C)=O)C2C(OC(=O)c3ccccc3)C3(O)CC(=C(C)C(OC(=O)C(O)C(NC(=O)c4ccccc4)c4ccccc4)C3)C(O)C(=O)C12C. The molecule has 14 nitrogen and oxygen atoms in total. The van der Waals surface area contributed by atoms with Crippen LogP contribution in [0.1, 0.15) is 72.4 Å². The molecular weight excluding hydrogens is 750 g/mol. The second-order valence-corrected chi connectivity index (χ2v) is 15.8. The minimum absolute atomic E-state index is 0.0202. The van der Waals surface area contributed by atoms with Crippen LogP contribution in [0.5, 0.6) is 0 Å². The van der Waals surface area contributed by atoms with Crippen molar-refractivity contribution in [1.29, 1.82) is 0 Å². The predicted molar refractivity (Wildman–Crippen MR) is 204 cm³/mol. The average molecular weight is 798 g/mol. The van der Waals surface area contributed by atoms with E-state index in [1.54, 1.807) is 92.7 Å². The number of hydrogen-bond acceptors (Lipinski definition) is 13. The molecule has 4 N–H and O–H groups in total. The fourth-order valence-electron chi connectivity index (χ4n) is 9.46. The first-order chi connectivity index (χ1) is 27.6. The predicted octanol–water partition coefficient (Wildman–Crippen LogP) is 3.18. The smallest absolute Gasteiger partial charge is 0.338 e. The van der Waals surface area contributed by atoms with Crippen molar-refractivity contribution in [1.82, 2.24) is 5.32 Å². The molecule has 2 saturated carbocycles. The summed E-state index contributed by atoms with van der Waals surface area (Å²) in [6.45, 7) is 4.06. The molecular formula is C44H47NO13. The van der Waals surface area contributed by atoms with Gasteiger partial charge < -0.3 is 44.3 Å². The van der Waals surface area contributed by atoms with Gasteiger partial charge in [-0.15, -0.1) is 0 Å². The van der Waals surface area contributed by atoms with Crippen LogP contribution in [0.15, 0.2) is 102 Å². The Hall–Kier alpha value is -5.25. The minimum atomic E-state index is -2.19. The van der Waals surface area contributed by atoms with E-state index in [9.17, 15) is 39.3 Å². The van der Waals surface area contributed by atoms with Gasteiger partial charge >= 0.3 is 17.9 Å². The number of fused-ring (bicyclic) bond motifs is 5. The Labute approximate surface area is 335 Å². The normalized spacial score (nSPS) is 32.4. The summed E-state index contributed by atoms with van der Waals surface area (Å²) >= 11 is 0. The maximum atomic E-state index is 14.9. The van der Waals surface area contributed by atoms with Crippen LogP contribution in [0.25, 0.3) is 0 Å². The Morgan fingerprint density at radius 2 is 1.52 bits per heavy atom. The lowest BCUT2D eigenvalue weighted by molar-refractivity contribution is -0.342. The molecule has 14 heteroatoms. The number of aliphatic hydroxyl groups is 3. The number of Topliss-reactive ketones (excluding diaryl/α,β-unsaturated/α-hetero) is 1. The number of hydrogen-bond donors (Lipinski definition) is 4. The van der Waals surface area contributed by atoms with Gasteiger partial charge in [-0.1, -0.05) is 66.7 Å². The summed E-state index contributed by atoms with van der Waals surface area (Å²) in [5.74, 6) is -5.42. The van der Waals surface area contributed by atoms with Crippen LogP contribution >= 0.6 is 0 Å². The summed E-state index contributed by atoms with van der Waals surface area (Å²) in [6, 6.07) is 23.3. The maximum Gasteiger partial charge on any atom is 0.338 e. The number of esters is 3. The minimum Gasteiger partial charge on any atom is -0.456 e. The molecule has 4 aliphatic rings. The van der Waals surface area contributed by atoms with E-state index < -0.39 is 108 Å². The third-order valence-electron chi connectivity index (χ3n) is 12.4. The van der Waals surface area contributed by atoms with E-state index in [-0.39, 0.29) is 35.3 Å². The number of carbonyl (C=O) groups is 5. The molecule has 3 aromatic rings. The van der Waals surface area contributed by atoms with E-state index in [0.29, 0.717) is 5.56 Å². The zero-order valence-corrected chi connectivity index (χ0v) is 32.5. The summed E-state index contributed by atoms with van der Waals surface area (Å²) < 4.78 is 30.1. The standard InChI is InChI=1S/C44H47NO13/c1-24-29-21-43(53,22-30(24)56-41(52)35(48)33(26-14-8-5-9-15-26)45-39(50)27-16-10-6-11-17-27)38(57-40(51)28-18-12-7-13-19-28)36-42(3,37(49)34(29)47)31(54-4)20-32-44(36,23-55-32)58-25(2)46/h5-19,30-36,38,47-48,53H,20-23H2,1-4H3,(H,45,50). The van der Waals surface area contributed by atoms with Gasteiger partial charge in [-0.05, 0) is 54.8 Å². The largest absolute Gasteiger partial charge is 0.456 e. The number of methoxy groups -OCH3 is 1. The van der Waals surface area contributed by atoms with E-state index in [4.69, 9.17) is 23.7 Å². The highest BCUT2D eigenvalue weighted by atomic mass is 16.6. The van der Waals surface area contributed by atoms with Crippen LogP contribution in [0.3, 0.4) is 0 Å². The summed E-state index contributed by atoms with van der Waals surface area (Å²) in [4.78, 5) is 69.2. The van der Waals surface area contributed by atoms with Crippen LogP contribution in [-0.4, -0.2) is 106 Å². The number of rotatable bonds is 10. The number of ether oxygens (including phenoxy) is 5. The van der Waals surface area contributed by atoms with E-state index in [0.717, 1.165) is 0 Å². The maximum absolute atomic E-state index is 14.9. The van der Waals surface area contributed by atoms with Crippen molar-refractivity contribution in [3.05, 3.63) is 119 Å². The van der Waals surface area contributed by atoms with Crippen LogP contribution < -0.4 is 5.32 Å². The van der Waals surface area contributed by atoms with E-state index >= 15 is 0 Å². The van der Waals surface area contributed by atoms with Crippen LogP contribution in [0.2, 0.25) is 0 Å². The topological polar surface area (TPSA) is 204 Å². The molecule has 0 aromatic heterocycles. The third-order valence-corrected chi connectivity index (χ3v) is 12.4. The highest BCUT2D eigenvalue weighted by Gasteiger charge is 2.76. The van der Waals surface area contributed by atoms with Gasteiger partial charge in [0.2, 0.25) is 0 Å². The van der Waals surface area contributed by atoms with Crippen molar-refractivity contribution >= 4 is 29.6 Å². The molecule has 11 unspecified atom stereocenters. The summed E-state index contributed by atoms with van der Waals surface area (Å²) in [6.07, 6.45) is -9.45. The number of ketones is 1. The molecule has 7 rings (SSSR count). The summed E-state index contributed by atoms with van der Waals surface area (Å²) in [5, 5.41) is 39.4. The Kier molecular flexibility index (Phi) is 11.2. The molecule has 3 aliphatic carbocycles. The molecule has 1 aliphatic heterocycles. The van der Waals surface area contributed by atoms with Gasteiger partial charge in [-0.3, -0.25) is 14.4 Å². The van der Waals surface area contributed by atoms with Gasteiger partial charge in [0, 0.05) is 38.9 Å². The Bertz CT molecular complexity index is 2090. The van der Waals surface area contributed by atoms with Gasteiger partial charge in [-0.25, -0.2) is 9.59 Å². The van der Waals surface area contributed by atoms with Crippen molar-refractivity contribution < 1.29 is 63.0 Å². The molecule has 1 amide bonds. The van der Waals surface area contributed by atoms with Gasteiger partial charge in [0.15, 0.2) is 17.5 Å². The zero-order chi connectivity index (χ0) is 41.6. The van der Waals surface area contributed by atoms with Crippen LogP contribution in [0.4, 0.5) is 0 Å². The zero-order valence-electron chi connectivity index (χ0n) is 32.5. The first kappa shape index (κ1) is 40.9. The molecule has 2 bridgehead atoms. The second-order valence-electron chi connectivity index (χ2n) is 15.8. The van der Waals surface area contributed by atoms with Crippen molar-refractivity contribution in [3.63, 3.8) is 0 Å². The number of carbonyl (C=O) groups excluding carboxylic acids is 5. The van der Waals surface area contributed by atoms with Crippen molar-refractivity contribution in [2.75, 3.05) is 13.7 Å². The molecule has 3 aromatic carbocycles. The van der Waals surface area contributed by atoms with Crippen molar-refractivity contribution in [3.8, 4) is 0 Å². The number of amides is 1. The highest BCUT2D eigenvalue weighted by Crippen LogP contribution is 2.61. The van der Waals surface area contributed by atoms with Crippen LogP contribution in [-0.2, 0) is 38.1 Å². The number of nitrogens with one attached hydrogen (secondary N) is 1. The van der Waals surface area contributed by atoms with E-state index in [2.05, 4.69) is 5.32 Å². The van der Waals surface area contributed by atoms with Crippen LogP contribution in [0, 0.1) is 11.3 Å². The van der Waals surface area contributed by atoms with Crippen molar-refractivity contribution in [2.24, 2.45) is 11.3 Å². The monoisotopic (exact) mass is 797 g/mol. The fraction of sp³-hybridized carbons (Fsp3) is 0.432. The van der Waals surface area contributed by atoms with Gasteiger partial charge in [0.05, 0.1) is 35.6 Å². The van der Waals surface area contributed by atoms with Gasteiger partial charge in [-0.2, -0.15) is 0 Å². The number of aliphatic hydroxyl groups excluding tert-OH is 2. The molecule has 1 heterocycles. The van der Waals surface area contributed by atoms with E-state index in [1.165, 1.54) is 26.2 Å². The first-order valence-corrected chi connectivity index (χ1v) is 19.2. The fourth-order valence-corrected chi connectivity index (χ4v) is 9.46. The van der Waals surface area contributed by atoms with Gasteiger partial charge in [0.1, 0.15) is 30.0 Å². The Morgan fingerprint density at radius 1 is 0.914 bits per heavy atom. The quantitative estimate of drug-likeness (QED) is 0.132.